The minimum Gasteiger partial charge on any atom is -0.395 e. The Hall–Kier alpha value is -1.50. The van der Waals surface area contributed by atoms with Gasteiger partial charge in [0.1, 0.15) is 0 Å². The van der Waals surface area contributed by atoms with Crippen LogP contribution in [0.4, 0.5) is 4.79 Å². The zero-order valence-electron chi connectivity index (χ0n) is 17.8. The predicted octanol–water partition coefficient (Wildman–Crippen LogP) is -1.95. The van der Waals surface area contributed by atoms with Crippen LogP contribution in [0.2, 0.25) is 0 Å². The molecule has 0 radical (unpaired) electrons. The normalized spacial score (nSPS) is 10.9. The van der Waals surface area contributed by atoms with Gasteiger partial charge in [0, 0.05) is 46.3 Å². The molecule has 0 aliphatic heterocycles. The Morgan fingerprint density at radius 2 is 1.38 bits per heavy atom. The molecule has 3 amide bonds. The molecule has 11 nitrogen and oxygen atoms in total. The number of nitrogens with zero attached hydrogens (tertiary/aromatic N) is 3. The van der Waals surface area contributed by atoms with Crippen molar-refractivity contribution < 1.29 is 34.0 Å². The van der Waals surface area contributed by atoms with Crippen molar-refractivity contribution in [2.75, 3.05) is 106 Å². The Bertz CT molecular complexity index is 398. The summed E-state index contributed by atoms with van der Waals surface area (Å²) in [6.45, 7) is 5.46. The molecule has 0 fully saturated rings. The van der Waals surface area contributed by atoms with E-state index in [1.807, 2.05) is 7.05 Å². The maximum atomic E-state index is 11.8. The third-order valence-corrected chi connectivity index (χ3v) is 3.93. The third kappa shape index (κ3) is 17.1. The summed E-state index contributed by atoms with van der Waals surface area (Å²) in [4.78, 5) is 27.3. The molecule has 0 unspecified atom stereocenters. The second-order valence-corrected chi connectivity index (χ2v) is 6.39. The second kappa shape index (κ2) is 19.8. The quantitative estimate of drug-likeness (QED) is 0.153. The number of likely N-dealkylation sites (N-methyl/N-ethyl adjacent to an activating group) is 2. The molecule has 0 heterocycles. The number of amides is 3. The second-order valence-electron chi connectivity index (χ2n) is 6.39. The van der Waals surface area contributed by atoms with Crippen LogP contribution >= 0.6 is 0 Å². The molecule has 0 spiro atoms. The highest BCUT2D eigenvalue weighted by Gasteiger charge is 2.10. The Morgan fingerprint density at radius 3 is 1.93 bits per heavy atom. The van der Waals surface area contributed by atoms with E-state index in [2.05, 4.69) is 10.2 Å². The summed E-state index contributed by atoms with van der Waals surface area (Å²) in [5, 5.41) is 20.4. The highest BCUT2D eigenvalue weighted by atomic mass is 16.5. The highest BCUT2D eigenvalue weighted by molar-refractivity contribution is 5.74. The molecule has 172 valence electrons. The summed E-state index contributed by atoms with van der Waals surface area (Å²) in [5.41, 5.74) is 0. The van der Waals surface area contributed by atoms with E-state index in [-0.39, 0.29) is 32.3 Å². The minimum absolute atomic E-state index is 0.152. The van der Waals surface area contributed by atoms with E-state index < -0.39 is 0 Å². The van der Waals surface area contributed by atoms with Gasteiger partial charge in [-0.05, 0) is 7.05 Å². The Kier molecular flexibility index (Phi) is 18.8. The van der Waals surface area contributed by atoms with Crippen LogP contribution in [-0.4, -0.2) is 144 Å². The molecule has 0 atom stereocenters. The van der Waals surface area contributed by atoms with Crippen LogP contribution in [0.1, 0.15) is 0 Å². The lowest BCUT2D eigenvalue weighted by Crippen LogP contribution is -2.44. The van der Waals surface area contributed by atoms with E-state index in [4.69, 9.17) is 24.4 Å². The molecule has 0 aromatic rings. The van der Waals surface area contributed by atoms with Crippen molar-refractivity contribution in [1.82, 2.24) is 20.0 Å². The average molecular weight is 423 g/mol. The summed E-state index contributed by atoms with van der Waals surface area (Å²) < 4.78 is 16.3. The van der Waals surface area contributed by atoms with Crippen LogP contribution < -0.4 is 5.32 Å². The molecule has 0 aliphatic carbocycles. The van der Waals surface area contributed by atoms with Crippen LogP contribution in [0.15, 0.2) is 0 Å². The van der Waals surface area contributed by atoms with Gasteiger partial charge < -0.3 is 44.4 Å². The van der Waals surface area contributed by atoms with Crippen molar-refractivity contribution in [2.24, 2.45) is 0 Å². The number of carbonyl (C=O) groups excluding carboxylic acids is 2. The van der Waals surface area contributed by atoms with Crippen molar-refractivity contribution in [3.63, 3.8) is 0 Å². The lowest BCUT2D eigenvalue weighted by molar-refractivity contribution is -0.117. The van der Waals surface area contributed by atoms with Crippen molar-refractivity contribution >= 4 is 12.4 Å². The van der Waals surface area contributed by atoms with Crippen LogP contribution in [0.5, 0.6) is 0 Å². The van der Waals surface area contributed by atoms with Gasteiger partial charge >= 0.3 is 6.03 Å². The number of carbonyl (C=O) groups is 2. The number of ether oxygens (including phenoxy) is 3. The van der Waals surface area contributed by atoms with E-state index in [1.165, 1.54) is 4.90 Å². The van der Waals surface area contributed by atoms with Gasteiger partial charge in [-0.3, -0.25) is 4.79 Å². The maximum absolute atomic E-state index is 11.8. The number of hydrogen-bond donors (Lipinski definition) is 3. The van der Waals surface area contributed by atoms with Gasteiger partial charge in [0.05, 0.1) is 52.9 Å². The van der Waals surface area contributed by atoms with E-state index >= 15 is 0 Å². The molecule has 0 saturated heterocycles. The highest BCUT2D eigenvalue weighted by Crippen LogP contribution is 1.89. The van der Waals surface area contributed by atoms with Gasteiger partial charge in [-0.2, -0.15) is 0 Å². The number of rotatable bonds is 20. The van der Waals surface area contributed by atoms with E-state index in [9.17, 15) is 9.59 Å². The molecule has 0 aliphatic rings. The summed E-state index contributed by atoms with van der Waals surface area (Å²) in [7, 11) is 3.73. The average Bonchev–Trinajstić information content (AvgIpc) is 2.72. The first-order valence-electron chi connectivity index (χ1n) is 9.87. The van der Waals surface area contributed by atoms with Gasteiger partial charge in [0.15, 0.2) is 0 Å². The summed E-state index contributed by atoms with van der Waals surface area (Å²) in [6.07, 6.45) is 0.813. The molecular weight excluding hydrogens is 384 g/mol. The Balaban J connectivity index is 3.41. The minimum atomic E-state index is -0.341. The van der Waals surface area contributed by atoms with Gasteiger partial charge in [-0.1, -0.05) is 0 Å². The molecule has 0 saturated carbocycles. The molecule has 0 aromatic heterocycles. The monoisotopic (exact) mass is 422 g/mol. The number of hydrogen-bond acceptors (Lipinski definition) is 8. The first kappa shape index (κ1) is 27.5. The standard InChI is InChI=1S/C18H38N4O7/c1-20(4-5-21(2)17-25)8-12-28-14-16-29-15-13-27-11-3-19-18(26)22(6-9-23)7-10-24/h17,23-24H,3-16H2,1-2H3,(H,19,26). The fraction of sp³-hybridized carbons (Fsp3) is 0.889. The largest absolute Gasteiger partial charge is 0.395 e. The molecule has 3 N–H and O–H groups in total. The predicted molar refractivity (Wildman–Crippen MR) is 108 cm³/mol. The van der Waals surface area contributed by atoms with Crippen molar-refractivity contribution in [3.8, 4) is 0 Å². The fourth-order valence-corrected chi connectivity index (χ4v) is 2.15. The number of urea groups is 1. The first-order chi connectivity index (χ1) is 14.0. The molecule has 0 aromatic carbocycles. The van der Waals surface area contributed by atoms with E-state index in [0.717, 1.165) is 19.5 Å². The maximum Gasteiger partial charge on any atom is 0.317 e. The van der Waals surface area contributed by atoms with E-state index in [1.54, 1.807) is 11.9 Å². The van der Waals surface area contributed by atoms with Crippen molar-refractivity contribution in [2.45, 2.75) is 0 Å². The Morgan fingerprint density at radius 1 is 0.828 bits per heavy atom. The van der Waals surface area contributed by atoms with Crippen molar-refractivity contribution in [1.29, 1.82) is 0 Å². The molecule has 0 rings (SSSR count). The van der Waals surface area contributed by atoms with Crippen molar-refractivity contribution in [3.05, 3.63) is 0 Å². The number of aliphatic hydroxyl groups excluding tert-OH is 2. The van der Waals surface area contributed by atoms with Crippen LogP contribution in [0, 0.1) is 0 Å². The Labute approximate surface area is 173 Å². The molecular formula is C18H38N4O7. The van der Waals surface area contributed by atoms with Crippen LogP contribution in [0.3, 0.4) is 0 Å². The van der Waals surface area contributed by atoms with Crippen LogP contribution in [0.25, 0.3) is 0 Å². The molecule has 11 heteroatoms. The topological polar surface area (TPSA) is 124 Å². The zero-order valence-corrected chi connectivity index (χ0v) is 17.8. The number of aliphatic hydroxyl groups is 2. The van der Waals surface area contributed by atoms with Crippen LogP contribution in [-0.2, 0) is 19.0 Å². The van der Waals surface area contributed by atoms with Gasteiger partial charge in [0.2, 0.25) is 6.41 Å². The summed E-state index contributed by atoms with van der Waals surface area (Å²) in [5.74, 6) is 0. The lowest BCUT2D eigenvalue weighted by Gasteiger charge is -2.21. The number of nitrogens with one attached hydrogen (secondary N) is 1. The first-order valence-corrected chi connectivity index (χ1v) is 9.87. The smallest absolute Gasteiger partial charge is 0.317 e. The van der Waals surface area contributed by atoms with Gasteiger partial charge in [0.25, 0.3) is 0 Å². The van der Waals surface area contributed by atoms with E-state index in [0.29, 0.717) is 52.7 Å². The van der Waals surface area contributed by atoms with Gasteiger partial charge in [-0.15, -0.1) is 0 Å². The molecule has 0 bridgehead atoms. The molecule has 29 heavy (non-hydrogen) atoms. The summed E-state index contributed by atoms with van der Waals surface area (Å²) >= 11 is 0. The lowest BCUT2D eigenvalue weighted by atomic mass is 10.5. The zero-order chi connectivity index (χ0) is 21.7. The third-order valence-electron chi connectivity index (χ3n) is 3.93. The fourth-order valence-electron chi connectivity index (χ4n) is 2.15. The van der Waals surface area contributed by atoms with Gasteiger partial charge in [-0.25, -0.2) is 4.79 Å². The SMILES string of the molecule is CN(C=O)CCN(C)CCOCCOCCOCCNC(=O)N(CCO)CCO. The summed E-state index contributed by atoms with van der Waals surface area (Å²) in [6, 6.07) is -0.341.